The van der Waals surface area contributed by atoms with Crippen LogP contribution in [0.5, 0.6) is 5.75 Å². The van der Waals surface area contributed by atoms with Crippen molar-refractivity contribution in [1.82, 2.24) is 9.88 Å². The average molecular weight is 439 g/mol. The molecule has 1 aliphatic rings. The van der Waals surface area contributed by atoms with E-state index in [4.69, 9.17) is 9.73 Å². The third-order valence-corrected chi connectivity index (χ3v) is 6.14. The fraction of sp³-hybridized carbons (Fsp3) is 0.480. The van der Waals surface area contributed by atoms with E-state index >= 15 is 0 Å². The number of Topliss-reactive ketones (excluding diaryl/α,β-unsaturated/α-hetero) is 1. The molecule has 7 nitrogen and oxygen atoms in total. The number of likely N-dealkylation sites (N-methyl/N-ethyl adjacent to an activating group) is 1. The highest BCUT2D eigenvalue weighted by molar-refractivity contribution is 6.07. The number of aryl methyl sites for hydroxylation is 1. The number of carbonyl (C=O) groups excluding carboxylic acids is 1. The van der Waals surface area contributed by atoms with E-state index in [1.807, 2.05) is 45.2 Å². The predicted molar refractivity (Wildman–Crippen MR) is 129 cm³/mol. The molecule has 32 heavy (non-hydrogen) atoms. The van der Waals surface area contributed by atoms with Gasteiger partial charge in [-0.2, -0.15) is 0 Å². The number of anilines is 1. The molecular weight excluding hydrogens is 404 g/mol. The Morgan fingerprint density at radius 2 is 2.16 bits per heavy atom. The second-order valence-corrected chi connectivity index (χ2v) is 8.25. The molecule has 0 bridgehead atoms. The number of pyridine rings is 1. The minimum absolute atomic E-state index is 0.00299. The summed E-state index contributed by atoms with van der Waals surface area (Å²) < 4.78 is 5.45. The molecule has 7 heteroatoms. The fourth-order valence-corrected chi connectivity index (χ4v) is 4.35. The number of nitrogens with zero attached hydrogens (tertiary/aromatic N) is 4. The second kappa shape index (κ2) is 10.7. The number of aliphatic imine (C=N–C) groups is 1. The third-order valence-electron chi connectivity index (χ3n) is 6.14. The summed E-state index contributed by atoms with van der Waals surface area (Å²) >= 11 is 0. The van der Waals surface area contributed by atoms with Gasteiger partial charge in [-0.15, -0.1) is 0 Å². The van der Waals surface area contributed by atoms with Gasteiger partial charge in [0.05, 0.1) is 19.4 Å². The lowest BCUT2D eigenvalue weighted by Gasteiger charge is -2.25. The monoisotopic (exact) mass is 438 g/mol. The van der Waals surface area contributed by atoms with Gasteiger partial charge in [-0.3, -0.25) is 14.7 Å². The maximum absolute atomic E-state index is 12.4. The SMILES string of the molecule is CCc1cc(OC)cc(N=C(C)c2cccnc2N2CCC(N(C)CCO)C2)c1C(C)=O. The van der Waals surface area contributed by atoms with Gasteiger partial charge in [0, 0.05) is 54.8 Å². The van der Waals surface area contributed by atoms with Crippen molar-refractivity contribution in [2.24, 2.45) is 4.99 Å². The van der Waals surface area contributed by atoms with Crippen LogP contribution in [-0.2, 0) is 6.42 Å². The molecule has 3 rings (SSSR count). The quantitative estimate of drug-likeness (QED) is 0.477. The van der Waals surface area contributed by atoms with E-state index in [0.717, 1.165) is 48.6 Å². The Morgan fingerprint density at radius 3 is 2.81 bits per heavy atom. The fourth-order valence-electron chi connectivity index (χ4n) is 4.35. The van der Waals surface area contributed by atoms with E-state index in [1.165, 1.54) is 0 Å². The first-order valence-electron chi connectivity index (χ1n) is 11.2. The molecule has 2 heterocycles. The molecule has 172 valence electrons. The third kappa shape index (κ3) is 5.16. The number of rotatable bonds is 9. The summed E-state index contributed by atoms with van der Waals surface area (Å²) in [5, 5.41) is 9.26. The summed E-state index contributed by atoms with van der Waals surface area (Å²) in [6.07, 6.45) is 3.55. The first-order valence-corrected chi connectivity index (χ1v) is 11.2. The van der Waals surface area contributed by atoms with Gasteiger partial charge >= 0.3 is 0 Å². The number of aliphatic hydroxyl groups excluding tert-OH is 1. The van der Waals surface area contributed by atoms with Crippen molar-refractivity contribution in [2.75, 3.05) is 45.3 Å². The zero-order valence-electron chi connectivity index (χ0n) is 19.8. The molecule has 1 N–H and O–H groups in total. The molecule has 1 aromatic heterocycles. The van der Waals surface area contributed by atoms with Crippen molar-refractivity contribution in [3.05, 3.63) is 47.2 Å². The van der Waals surface area contributed by atoms with Gasteiger partial charge in [0.2, 0.25) is 0 Å². The first kappa shape index (κ1) is 23.9. The summed E-state index contributed by atoms with van der Waals surface area (Å²) in [4.78, 5) is 26.5. The van der Waals surface area contributed by atoms with Crippen LogP contribution in [0.3, 0.4) is 0 Å². The molecular formula is C25H34N4O3. The number of ether oxygens (including phenoxy) is 1. The van der Waals surface area contributed by atoms with Crippen molar-refractivity contribution in [3.63, 3.8) is 0 Å². The molecule has 1 saturated heterocycles. The van der Waals surface area contributed by atoms with Gasteiger partial charge in [0.15, 0.2) is 5.78 Å². The molecule has 1 fully saturated rings. The van der Waals surface area contributed by atoms with E-state index in [1.54, 1.807) is 20.2 Å². The maximum atomic E-state index is 12.4. The van der Waals surface area contributed by atoms with E-state index in [0.29, 0.717) is 29.6 Å². The molecule has 0 amide bonds. The maximum Gasteiger partial charge on any atom is 0.162 e. The van der Waals surface area contributed by atoms with Crippen LogP contribution < -0.4 is 9.64 Å². The smallest absolute Gasteiger partial charge is 0.162 e. The van der Waals surface area contributed by atoms with Crippen LogP contribution in [0, 0.1) is 0 Å². The van der Waals surface area contributed by atoms with Crippen molar-refractivity contribution < 1.29 is 14.6 Å². The highest BCUT2D eigenvalue weighted by Gasteiger charge is 2.28. The second-order valence-electron chi connectivity index (χ2n) is 8.25. The summed E-state index contributed by atoms with van der Waals surface area (Å²) in [6, 6.07) is 8.06. The van der Waals surface area contributed by atoms with Gasteiger partial charge in [0.25, 0.3) is 0 Å². The van der Waals surface area contributed by atoms with Crippen LogP contribution in [0.15, 0.2) is 35.5 Å². The van der Waals surface area contributed by atoms with Crippen molar-refractivity contribution >= 4 is 23.0 Å². The lowest BCUT2D eigenvalue weighted by atomic mass is 9.99. The highest BCUT2D eigenvalue weighted by atomic mass is 16.5. The van der Waals surface area contributed by atoms with Crippen LogP contribution in [0.1, 0.15) is 48.7 Å². The first-order chi connectivity index (χ1) is 15.4. The lowest BCUT2D eigenvalue weighted by Crippen LogP contribution is -2.36. The number of hydrogen-bond donors (Lipinski definition) is 1. The van der Waals surface area contributed by atoms with Crippen molar-refractivity contribution in [2.45, 2.75) is 39.7 Å². The van der Waals surface area contributed by atoms with Crippen molar-refractivity contribution in [3.8, 4) is 5.75 Å². The van der Waals surface area contributed by atoms with Crippen LogP contribution in [-0.4, -0.2) is 72.9 Å². The van der Waals surface area contributed by atoms with Gasteiger partial charge < -0.3 is 14.7 Å². The van der Waals surface area contributed by atoms with Gasteiger partial charge in [-0.25, -0.2) is 4.98 Å². The minimum atomic E-state index is -0.00299. The van der Waals surface area contributed by atoms with Crippen LogP contribution >= 0.6 is 0 Å². The standard InChI is InChI=1S/C25H34N4O3/c1-6-19-14-21(32-5)15-23(24(19)18(3)31)27-17(2)22-8-7-10-26-25(22)29-11-9-20(16-29)28(4)12-13-30/h7-8,10,14-15,20,30H,6,9,11-13,16H2,1-5H3. The normalized spacial score (nSPS) is 16.7. The molecule has 1 aliphatic heterocycles. The van der Waals surface area contributed by atoms with Gasteiger partial charge in [-0.05, 0) is 57.5 Å². The Labute approximate surface area is 190 Å². The van der Waals surface area contributed by atoms with Gasteiger partial charge in [0.1, 0.15) is 11.6 Å². The molecule has 1 aromatic carbocycles. The highest BCUT2D eigenvalue weighted by Crippen LogP contribution is 2.32. The molecule has 2 aromatic rings. The topological polar surface area (TPSA) is 78.3 Å². The Bertz CT molecular complexity index is 989. The number of benzene rings is 1. The van der Waals surface area contributed by atoms with E-state index in [9.17, 15) is 9.90 Å². The Morgan fingerprint density at radius 1 is 1.38 bits per heavy atom. The zero-order chi connectivity index (χ0) is 23.3. The predicted octanol–water partition coefficient (Wildman–Crippen LogP) is 3.50. The summed E-state index contributed by atoms with van der Waals surface area (Å²) in [5.74, 6) is 1.59. The van der Waals surface area contributed by atoms with E-state index < -0.39 is 0 Å². The Hall–Kier alpha value is -2.77. The van der Waals surface area contributed by atoms with Crippen LogP contribution in [0.2, 0.25) is 0 Å². The summed E-state index contributed by atoms with van der Waals surface area (Å²) in [6.45, 7) is 8.14. The van der Waals surface area contributed by atoms with Crippen molar-refractivity contribution in [1.29, 1.82) is 0 Å². The number of aromatic nitrogens is 1. The Kier molecular flexibility index (Phi) is 7.99. The number of aliphatic hydroxyl groups is 1. The van der Waals surface area contributed by atoms with Crippen LogP contribution in [0.25, 0.3) is 0 Å². The summed E-state index contributed by atoms with van der Waals surface area (Å²) in [5.41, 5.74) is 3.96. The minimum Gasteiger partial charge on any atom is -0.497 e. The molecule has 1 unspecified atom stereocenters. The van der Waals surface area contributed by atoms with Gasteiger partial charge in [-0.1, -0.05) is 6.92 Å². The number of carbonyl (C=O) groups is 1. The largest absolute Gasteiger partial charge is 0.497 e. The summed E-state index contributed by atoms with van der Waals surface area (Å²) in [7, 11) is 3.67. The molecule has 0 saturated carbocycles. The molecule has 0 radical (unpaired) electrons. The number of methoxy groups -OCH3 is 1. The van der Waals surface area contributed by atoms with E-state index in [2.05, 4.69) is 14.8 Å². The molecule has 1 atom stereocenters. The molecule has 0 spiro atoms. The average Bonchev–Trinajstić information content (AvgIpc) is 3.28. The molecule has 0 aliphatic carbocycles. The lowest BCUT2D eigenvalue weighted by molar-refractivity contribution is 0.101. The van der Waals surface area contributed by atoms with Crippen LogP contribution in [0.4, 0.5) is 11.5 Å². The number of hydrogen-bond acceptors (Lipinski definition) is 7. The number of ketones is 1. The zero-order valence-corrected chi connectivity index (χ0v) is 19.8. The Balaban J connectivity index is 1.98. The van der Waals surface area contributed by atoms with E-state index in [-0.39, 0.29) is 12.4 Å².